The van der Waals surface area contributed by atoms with Crippen molar-refractivity contribution in [3.8, 4) is 11.5 Å². The highest BCUT2D eigenvalue weighted by molar-refractivity contribution is 7.17. The van der Waals surface area contributed by atoms with Crippen molar-refractivity contribution < 1.29 is 14.3 Å². The van der Waals surface area contributed by atoms with E-state index in [2.05, 4.69) is 12.2 Å². The fourth-order valence-electron chi connectivity index (χ4n) is 4.48. The molecule has 1 aliphatic heterocycles. The minimum atomic E-state index is -0.523. The van der Waals surface area contributed by atoms with Gasteiger partial charge in [-0.1, -0.05) is 43.3 Å². The molecule has 5 rings (SSSR count). The number of amides is 2. The Kier molecular flexibility index (Phi) is 4.59. The van der Waals surface area contributed by atoms with E-state index in [9.17, 15) is 9.59 Å². The summed E-state index contributed by atoms with van der Waals surface area (Å²) in [4.78, 5) is 26.9. The number of rotatable bonds is 3. The maximum atomic E-state index is 13.5. The van der Waals surface area contributed by atoms with Crippen LogP contribution in [0.1, 0.15) is 51.2 Å². The average Bonchev–Trinajstić information content (AvgIpc) is 3.08. The van der Waals surface area contributed by atoms with Crippen molar-refractivity contribution in [1.29, 1.82) is 0 Å². The lowest BCUT2D eigenvalue weighted by Gasteiger charge is -2.27. The molecule has 3 aromatic rings. The van der Waals surface area contributed by atoms with Crippen LogP contribution in [0.2, 0.25) is 0 Å². The average molecular weight is 419 g/mol. The molecule has 2 aromatic carbocycles. The molecule has 2 heterocycles. The number of nitrogens with two attached hydrogens (primary N) is 1. The highest BCUT2D eigenvalue weighted by atomic mass is 32.1. The van der Waals surface area contributed by atoms with E-state index in [1.54, 1.807) is 0 Å². The Hall–Kier alpha value is -3.12. The molecule has 1 aliphatic carbocycles. The van der Waals surface area contributed by atoms with E-state index in [4.69, 9.17) is 10.5 Å². The maximum Gasteiger partial charge on any atom is 0.251 e. The number of anilines is 1. The number of benzene rings is 2. The number of thiophene rings is 1. The molecule has 0 saturated heterocycles. The topological polar surface area (TPSA) is 81.4 Å². The molecule has 2 aliphatic rings. The first kappa shape index (κ1) is 18.9. The fourth-order valence-corrected chi connectivity index (χ4v) is 5.90. The number of carbonyl (C=O) groups excluding carboxylic acids is 2. The molecule has 2 amide bonds. The van der Waals surface area contributed by atoms with Gasteiger partial charge in [0.25, 0.3) is 5.91 Å². The molecular weight excluding hydrogens is 396 g/mol. The molecule has 152 valence electrons. The predicted octanol–water partition coefficient (Wildman–Crippen LogP) is 4.85. The maximum absolute atomic E-state index is 13.5. The van der Waals surface area contributed by atoms with Crippen molar-refractivity contribution in [2.75, 3.05) is 5.32 Å². The van der Waals surface area contributed by atoms with E-state index in [1.165, 1.54) is 11.3 Å². The monoisotopic (exact) mass is 418 g/mol. The quantitative estimate of drug-likeness (QED) is 0.638. The van der Waals surface area contributed by atoms with Crippen LogP contribution in [0.15, 0.2) is 48.5 Å². The zero-order valence-corrected chi connectivity index (χ0v) is 17.4. The van der Waals surface area contributed by atoms with Gasteiger partial charge in [-0.25, -0.2) is 0 Å². The van der Waals surface area contributed by atoms with E-state index in [-0.39, 0.29) is 5.91 Å². The van der Waals surface area contributed by atoms with Gasteiger partial charge in [0, 0.05) is 16.0 Å². The third-order valence-corrected chi connectivity index (χ3v) is 7.11. The molecule has 5 nitrogen and oxygen atoms in total. The van der Waals surface area contributed by atoms with E-state index < -0.39 is 11.8 Å². The number of hydrogen-bond acceptors (Lipinski definition) is 4. The normalized spacial score (nSPS) is 17.3. The molecule has 1 aromatic heterocycles. The zero-order valence-electron chi connectivity index (χ0n) is 16.6. The minimum absolute atomic E-state index is 0.188. The zero-order chi connectivity index (χ0) is 20.8. The van der Waals surface area contributed by atoms with Gasteiger partial charge in [0.15, 0.2) is 0 Å². The van der Waals surface area contributed by atoms with E-state index >= 15 is 0 Å². The molecule has 30 heavy (non-hydrogen) atoms. The molecule has 0 radical (unpaired) electrons. The number of ether oxygens (including phenoxy) is 1. The number of fused-ring (bicyclic) bond motifs is 3. The number of para-hydroxylation sites is 2. The summed E-state index contributed by atoms with van der Waals surface area (Å²) < 4.78 is 6.00. The van der Waals surface area contributed by atoms with Gasteiger partial charge in [-0.05, 0) is 42.9 Å². The molecule has 0 saturated carbocycles. The van der Waals surface area contributed by atoms with Gasteiger partial charge in [0.2, 0.25) is 5.91 Å². The highest BCUT2D eigenvalue weighted by Gasteiger charge is 2.34. The summed E-state index contributed by atoms with van der Waals surface area (Å²) in [5, 5.41) is 3.60. The second-order valence-corrected chi connectivity index (χ2v) is 9.13. The van der Waals surface area contributed by atoms with Gasteiger partial charge >= 0.3 is 0 Å². The van der Waals surface area contributed by atoms with Crippen LogP contribution in [-0.4, -0.2) is 11.8 Å². The summed E-state index contributed by atoms with van der Waals surface area (Å²) in [6, 6.07) is 15.1. The molecular formula is C24H22N2O3S. The highest BCUT2D eigenvalue weighted by Crippen LogP contribution is 2.45. The Labute approximate surface area is 178 Å². The Bertz CT molecular complexity index is 1120. The smallest absolute Gasteiger partial charge is 0.251 e. The Morgan fingerprint density at radius 1 is 1.07 bits per heavy atom. The fraction of sp³-hybridized carbons (Fsp3) is 0.250. The van der Waals surface area contributed by atoms with Crippen LogP contribution in [0.5, 0.6) is 11.5 Å². The lowest BCUT2D eigenvalue weighted by Crippen LogP contribution is -2.26. The van der Waals surface area contributed by atoms with Crippen molar-refractivity contribution in [2.45, 2.75) is 32.1 Å². The first-order valence-electron chi connectivity index (χ1n) is 10.1. The summed E-state index contributed by atoms with van der Waals surface area (Å²) in [6.07, 6.45) is 2.77. The number of primary amides is 1. The lowest BCUT2D eigenvalue weighted by atomic mass is 9.87. The number of hydrogen-bond donors (Lipinski definition) is 2. The summed E-state index contributed by atoms with van der Waals surface area (Å²) in [5.74, 6) is 0.716. The van der Waals surface area contributed by atoms with Crippen LogP contribution < -0.4 is 15.8 Å². The largest absolute Gasteiger partial charge is 0.457 e. The molecule has 6 heteroatoms. The summed E-state index contributed by atoms with van der Waals surface area (Å²) in [6.45, 7) is 2.21. The number of nitrogens with one attached hydrogen (secondary N) is 1. The van der Waals surface area contributed by atoms with Crippen molar-refractivity contribution in [3.63, 3.8) is 0 Å². The van der Waals surface area contributed by atoms with Crippen molar-refractivity contribution >= 4 is 28.2 Å². The first-order chi connectivity index (χ1) is 14.5. The third-order valence-electron chi connectivity index (χ3n) is 5.94. The summed E-state index contributed by atoms with van der Waals surface area (Å²) in [7, 11) is 0. The van der Waals surface area contributed by atoms with Crippen LogP contribution >= 0.6 is 11.3 Å². The van der Waals surface area contributed by atoms with Gasteiger partial charge < -0.3 is 15.8 Å². The van der Waals surface area contributed by atoms with Crippen molar-refractivity contribution in [2.24, 2.45) is 11.7 Å². The molecule has 0 bridgehead atoms. The second kappa shape index (κ2) is 7.29. The summed E-state index contributed by atoms with van der Waals surface area (Å²) in [5.41, 5.74) is 8.82. The molecule has 0 unspecified atom stereocenters. The van der Waals surface area contributed by atoms with Crippen molar-refractivity contribution in [3.05, 3.63) is 75.7 Å². The van der Waals surface area contributed by atoms with Gasteiger partial charge in [0.05, 0.1) is 11.5 Å². The van der Waals surface area contributed by atoms with Crippen LogP contribution in [0.3, 0.4) is 0 Å². The van der Waals surface area contributed by atoms with Crippen LogP contribution in [0, 0.1) is 5.92 Å². The molecule has 0 spiro atoms. The van der Waals surface area contributed by atoms with Gasteiger partial charge in [0.1, 0.15) is 16.5 Å². The first-order valence-corrected chi connectivity index (χ1v) is 11.0. The summed E-state index contributed by atoms with van der Waals surface area (Å²) >= 11 is 1.48. The van der Waals surface area contributed by atoms with Crippen LogP contribution in [0.25, 0.3) is 0 Å². The predicted molar refractivity (Wildman–Crippen MR) is 117 cm³/mol. The van der Waals surface area contributed by atoms with E-state index in [0.29, 0.717) is 28.0 Å². The third kappa shape index (κ3) is 3.08. The molecule has 1 atom stereocenters. The minimum Gasteiger partial charge on any atom is -0.457 e. The Morgan fingerprint density at radius 2 is 1.70 bits per heavy atom. The Morgan fingerprint density at radius 3 is 2.33 bits per heavy atom. The van der Waals surface area contributed by atoms with Gasteiger partial charge in [-0.3, -0.25) is 9.59 Å². The van der Waals surface area contributed by atoms with Crippen LogP contribution in [0.4, 0.5) is 5.00 Å². The number of carbonyl (C=O) groups is 2. The SMILES string of the molecule is C[C@@H]1CCc2c(sc(NC(=O)C3c4ccccc4Oc4ccccc43)c2C(N)=O)C1. The van der Waals surface area contributed by atoms with Gasteiger partial charge in [-0.2, -0.15) is 0 Å². The molecule has 0 fully saturated rings. The second-order valence-electron chi connectivity index (χ2n) is 8.02. The van der Waals surface area contributed by atoms with Crippen LogP contribution in [-0.2, 0) is 17.6 Å². The standard InChI is InChI=1S/C24H22N2O3S/c1-13-10-11-16-19(12-13)30-24(21(16)22(25)27)26-23(28)20-14-6-2-4-8-17(14)29-18-9-5-3-7-15(18)20/h2-9,13,20H,10-12H2,1H3,(H2,25,27)(H,26,28)/t13-/m1/s1. The van der Waals surface area contributed by atoms with E-state index in [0.717, 1.165) is 40.8 Å². The van der Waals surface area contributed by atoms with Crippen molar-refractivity contribution in [1.82, 2.24) is 0 Å². The van der Waals surface area contributed by atoms with E-state index in [1.807, 2.05) is 48.5 Å². The Balaban J connectivity index is 1.55. The molecule has 3 N–H and O–H groups in total. The lowest BCUT2D eigenvalue weighted by molar-refractivity contribution is -0.116. The van der Waals surface area contributed by atoms with Gasteiger partial charge in [-0.15, -0.1) is 11.3 Å².